The monoisotopic (exact) mass is 420 g/mol. The van der Waals surface area contributed by atoms with Crippen molar-refractivity contribution >= 4 is 23.9 Å². The van der Waals surface area contributed by atoms with Crippen LogP contribution in [0.15, 0.2) is 30.3 Å². The van der Waals surface area contributed by atoms with Crippen LogP contribution in [-0.2, 0) is 35.2 Å². The lowest BCUT2D eigenvalue weighted by atomic mass is 9.97. The molecule has 0 bridgehead atoms. The molecule has 1 aromatic rings. The average Bonchev–Trinajstić information content (AvgIpc) is 3.25. The fourth-order valence-electron chi connectivity index (χ4n) is 3.33. The van der Waals surface area contributed by atoms with Crippen LogP contribution in [-0.4, -0.2) is 61.7 Å². The van der Waals surface area contributed by atoms with E-state index in [1.807, 2.05) is 30.3 Å². The maximum Gasteiger partial charge on any atom is 0.410 e. The Kier molecular flexibility index (Phi) is 8.64. The van der Waals surface area contributed by atoms with Crippen LogP contribution in [0.2, 0.25) is 0 Å². The third kappa shape index (κ3) is 6.20. The molecule has 0 unspecified atom stereocenters. The number of amides is 2. The van der Waals surface area contributed by atoms with Gasteiger partial charge >= 0.3 is 18.0 Å². The number of methoxy groups -OCH3 is 2. The molecular weight excluding hydrogens is 392 g/mol. The van der Waals surface area contributed by atoms with E-state index in [2.05, 4.69) is 10.1 Å². The molecule has 0 spiro atoms. The van der Waals surface area contributed by atoms with Crippen LogP contribution in [0.3, 0.4) is 0 Å². The van der Waals surface area contributed by atoms with Gasteiger partial charge in [-0.05, 0) is 24.3 Å². The zero-order valence-corrected chi connectivity index (χ0v) is 17.5. The van der Waals surface area contributed by atoms with Crippen molar-refractivity contribution in [2.75, 3.05) is 20.8 Å². The SMILES string of the molecule is COC(=O)C[C@@H](C)[C@H](NC(=O)[C@H]1CCCN1C(=O)OCc1ccccc1)C(=O)OC. The zero-order valence-electron chi connectivity index (χ0n) is 17.5. The number of hydrogen-bond acceptors (Lipinski definition) is 7. The highest BCUT2D eigenvalue weighted by Crippen LogP contribution is 2.20. The van der Waals surface area contributed by atoms with E-state index in [0.29, 0.717) is 19.4 Å². The number of esters is 2. The Balaban J connectivity index is 2.00. The second kappa shape index (κ2) is 11.2. The highest BCUT2D eigenvalue weighted by molar-refractivity contribution is 5.90. The fraction of sp³-hybridized carbons (Fsp3) is 0.524. The largest absolute Gasteiger partial charge is 0.469 e. The zero-order chi connectivity index (χ0) is 22.1. The molecule has 3 atom stereocenters. The Morgan fingerprint density at radius 2 is 1.83 bits per heavy atom. The number of hydrogen-bond donors (Lipinski definition) is 1. The number of likely N-dealkylation sites (tertiary alicyclic amines) is 1. The summed E-state index contributed by atoms with van der Waals surface area (Å²) in [5.74, 6) is -2.21. The van der Waals surface area contributed by atoms with Crippen molar-refractivity contribution in [3.63, 3.8) is 0 Å². The lowest BCUT2D eigenvalue weighted by Gasteiger charge is -2.27. The normalized spacial score (nSPS) is 17.6. The minimum absolute atomic E-state index is 0.0654. The third-order valence-corrected chi connectivity index (χ3v) is 5.03. The van der Waals surface area contributed by atoms with Gasteiger partial charge in [-0.3, -0.25) is 14.5 Å². The highest BCUT2D eigenvalue weighted by atomic mass is 16.6. The molecule has 1 aliphatic rings. The second-order valence-corrected chi connectivity index (χ2v) is 7.16. The molecule has 2 amide bonds. The van der Waals surface area contributed by atoms with E-state index in [1.165, 1.54) is 19.1 Å². The van der Waals surface area contributed by atoms with Crippen LogP contribution in [0.5, 0.6) is 0 Å². The van der Waals surface area contributed by atoms with Gasteiger partial charge in [0.2, 0.25) is 5.91 Å². The van der Waals surface area contributed by atoms with Crippen molar-refractivity contribution < 1.29 is 33.4 Å². The summed E-state index contributed by atoms with van der Waals surface area (Å²) in [6, 6.07) is 7.44. The maximum atomic E-state index is 12.8. The quantitative estimate of drug-likeness (QED) is 0.503. The molecule has 30 heavy (non-hydrogen) atoms. The average molecular weight is 420 g/mol. The van der Waals surface area contributed by atoms with E-state index in [9.17, 15) is 19.2 Å². The van der Waals surface area contributed by atoms with Gasteiger partial charge in [-0.25, -0.2) is 9.59 Å². The summed E-state index contributed by atoms with van der Waals surface area (Å²) < 4.78 is 14.7. The van der Waals surface area contributed by atoms with E-state index in [1.54, 1.807) is 6.92 Å². The molecule has 164 valence electrons. The van der Waals surface area contributed by atoms with Crippen molar-refractivity contribution in [2.24, 2.45) is 5.92 Å². The maximum absolute atomic E-state index is 12.8. The Morgan fingerprint density at radius 3 is 2.47 bits per heavy atom. The van der Waals surface area contributed by atoms with Gasteiger partial charge in [-0.2, -0.15) is 0 Å². The van der Waals surface area contributed by atoms with Gasteiger partial charge in [0.05, 0.1) is 20.6 Å². The summed E-state index contributed by atoms with van der Waals surface area (Å²) in [5.41, 5.74) is 0.841. The molecule has 1 aliphatic heterocycles. The number of benzene rings is 1. The summed E-state index contributed by atoms with van der Waals surface area (Å²) in [4.78, 5) is 50.4. The van der Waals surface area contributed by atoms with Crippen LogP contribution >= 0.6 is 0 Å². The number of rotatable bonds is 8. The van der Waals surface area contributed by atoms with E-state index in [-0.39, 0.29) is 13.0 Å². The molecule has 1 N–H and O–H groups in total. The van der Waals surface area contributed by atoms with Crippen molar-refractivity contribution in [1.29, 1.82) is 0 Å². The number of ether oxygens (including phenoxy) is 3. The van der Waals surface area contributed by atoms with Crippen molar-refractivity contribution in [2.45, 2.75) is 44.9 Å². The van der Waals surface area contributed by atoms with Crippen LogP contribution in [0.25, 0.3) is 0 Å². The number of nitrogens with one attached hydrogen (secondary N) is 1. The van der Waals surface area contributed by atoms with Gasteiger partial charge < -0.3 is 19.5 Å². The van der Waals surface area contributed by atoms with E-state index in [0.717, 1.165) is 5.56 Å². The van der Waals surface area contributed by atoms with E-state index < -0.39 is 41.9 Å². The Morgan fingerprint density at radius 1 is 1.13 bits per heavy atom. The first-order chi connectivity index (χ1) is 14.4. The van der Waals surface area contributed by atoms with E-state index in [4.69, 9.17) is 9.47 Å². The molecule has 9 nitrogen and oxygen atoms in total. The Bertz CT molecular complexity index is 753. The van der Waals surface area contributed by atoms with Crippen LogP contribution in [0.4, 0.5) is 4.79 Å². The van der Waals surface area contributed by atoms with Crippen molar-refractivity contribution in [3.05, 3.63) is 35.9 Å². The number of carbonyl (C=O) groups excluding carboxylic acids is 4. The van der Waals surface area contributed by atoms with Gasteiger partial charge in [0.1, 0.15) is 18.7 Å². The lowest BCUT2D eigenvalue weighted by molar-refractivity contribution is -0.149. The molecule has 0 radical (unpaired) electrons. The summed E-state index contributed by atoms with van der Waals surface area (Å²) in [5, 5.41) is 2.63. The van der Waals surface area contributed by atoms with Gasteiger partial charge in [-0.1, -0.05) is 37.3 Å². The molecule has 0 aromatic heterocycles. The van der Waals surface area contributed by atoms with Crippen molar-refractivity contribution in [3.8, 4) is 0 Å². The minimum Gasteiger partial charge on any atom is -0.469 e. The molecule has 0 aliphatic carbocycles. The third-order valence-electron chi connectivity index (χ3n) is 5.03. The number of nitrogens with zero attached hydrogens (tertiary/aromatic N) is 1. The molecule has 0 saturated carbocycles. The van der Waals surface area contributed by atoms with Crippen molar-refractivity contribution in [1.82, 2.24) is 10.2 Å². The first-order valence-electron chi connectivity index (χ1n) is 9.79. The van der Waals surface area contributed by atoms with Crippen LogP contribution in [0.1, 0.15) is 31.7 Å². The van der Waals surface area contributed by atoms with Crippen LogP contribution < -0.4 is 5.32 Å². The van der Waals surface area contributed by atoms with Gasteiger partial charge in [0.15, 0.2) is 0 Å². The smallest absolute Gasteiger partial charge is 0.410 e. The van der Waals surface area contributed by atoms with E-state index >= 15 is 0 Å². The Labute approximate surface area is 175 Å². The highest BCUT2D eigenvalue weighted by Gasteiger charge is 2.38. The summed E-state index contributed by atoms with van der Waals surface area (Å²) in [7, 11) is 2.45. The number of carbonyl (C=O) groups is 4. The molecule has 1 fully saturated rings. The molecular formula is C21H28N2O7. The standard InChI is InChI=1S/C21H28N2O7/c1-14(12-17(24)28-2)18(20(26)29-3)22-19(25)16-10-7-11-23(16)21(27)30-13-15-8-5-4-6-9-15/h4-6,8-9,14,16,18H,7,10-13H2,1-3H3,(H,22,25)/t14-,16-,18+/m1/s1. The second-order valence-electron chi connectivity index (χ2n) is 7.16. The minimum atomic E-state index is -1.04. The molecule has 2 rings (SSSR count). The Hall–Kier alpha value is -3.10. The molecule has 9 heteroatoms. The first-order valence-corrected chi connectivity index (χ1v) is 9.79. The summed E-state index contributed by atoms with van der Waals surface area (Å²) >= 11 is 0. The first kappa shape index (κ1) is 23.2. The molecule has 1 heterocycles. The predicted molar refractivity (Wildman–Crippen MR) is 106 cm³/mol. The lowest BCUT2D eigenvalue weighted by Crippen LogP contribution is -2.53. The summed E-state index contributed by atoms with van der Waals surface area (Å²) in [6.45, 7) is 2.12. The van der Waals surface area contributed by atoms with Gasteiger partial charge in [0, 0.05) is 6.54 Å². The molecule has 1 saturated heterocycles. The molecule has 1 aromatic carbocycles. The van der Waals surface area contributed by atoms with Gasteiger partial charge in [-0.15, -0.1) is 0 Å². The van der Waals surface area contributed by atoms with Gasteiger partial charge in [0.25, 0.3) is 0 Å². The topological polar surface area (TPSA) is 111 Å². The predicted octanol–water partition coefficient (Wildman–Crippen LogP) is 1.64. The van der Waals surface area contributed by atoms with Crippen LogP contribution in [0, 0.1) is 5.92 Å². The fourth-order valence-corrected chi connectivity index (χ4v) is 3.33. The summed E-state index contributed by atoms with van der Waals surface area (Å²) in [6.07, 6.45) is 0.433.